The SMILES string of the molecule is COc1cccc2c1CC(=O)C(c1ccc(O)cc1)=C2. The largest absolute Gasteiger partial charge is 0.508 e. The molecule has 0 heterocycles. The number of aromatic hydroxyl groups is 1. The summed E-state index contributed by atoms with van der Waals surface area (Å²) in [5, 5.41) is 9.33. The van der Waals surface area contributed by atoms with Gasteiger partial charge >= 0.3 is 0 Å². The molecule has 0 amide bonds. The summed E-state index contributed by atoms with van der Waals surface area (Å²) in [6.07, 6.45) is 2.22. The van der Waals surface area contributed by atoms with Crippen molar-refractivity contribution in [3.63, 3.8) is 0 Å². The first-order chi connectivity index (χ1) is 9.69. The lowest BCUT2D eigenvalue weighted by Crippen LogP contribution is -2.12. The maximum atomic E-state index is 12.3. The number of fused-ring (bicyclic) bond motifs is 1. The molecule has 3 heteroatoms. The van der Waals surface area contributed by atoms with E-state index in [1.165, 1.54) is 0 Å². The van der Waals surface area contributed by atoms with E-state index in [2.05, 4.69) is 0 Å². The Balaban J connectivity index is 2.10. The number of carbonyl (C=O) groups excluding carboxylic acids is 1. The molecule has 0 saturated carbocycles. The Morgan fingerprint density at radius 2 is 1.85 bits per heavy atom. The third-order valence-corrected chi connectivity index (χ3v) is 3.51. The number of phenols is 1. The molecule has 0 aliphatic heterocycles. The van der Waals surface area contributed by atoms with Gasteiger partial charge in [-0.25, -0.2) is 0 Å². The Morgan fingerprint density at radius 1 is 1.10 bits per heavy atom. The summed E-state index contributed by atoms with van der Waals surface area (Å²) in [5.41, 5.74) is 3.43. The predicted octanol–water partition coefficient (Wildman–Crippen LogP) is 3.07. The zero-order valence-electron chi connectivity index (χ0n) is 11.1. The smallest absolute Gasteiger partial charge is 0.168 e. The summed E-state index contributed by atoms with van der Waals surface area (Å²) in [6.45, 7) is 0. The van der Waals surface area contributed by atoms with Gasteiger partial charge in [0, 0.05) is 17.6 Å². The number of rotatable bonds is 2. The summed E-state index contributed by atoms with van der Waals surface area (Å²) in [5.74, 6) is 1.00. The number of benzene rings is 2. The Morgan fingerprint density at radius 3 is 2.55 bits per heavy atom. The summed E-state index contributed by atoms with van der Waals surface area (Å²) >= 11 is 0. The van der Waals surface area contributed by atoms with Gasteiger partial charge in [-0.05, 0) is 35.4 Å². The first-order valence-corrected chi connectivity index (χ1v) is 6.39. The van der Waals surface area contributed by atoms with Crippen LogP contribution in [0.5, 0.6) is 11.5 Å². The maximum Gasteiger partial charge on any atom is 0.168 e. The zero-order chi connectivity index (χ0) is 14.1. The monoisotopic (exact) mass is 266 g/mol. The Bertz CT molecular complexity index is 697. The summed E-state index contributed by atoms with van der Waals surface area (Å²) < 4.78 is 5.30. The quantitative estimate of drug-likeness (QED) is 0.908. The summed E-state index contributed by atoms with van der Waals surface area (Å²) in [4.78, 5) is 12.3. The Labute approximate surface area is 117 Å². The van der Waals surface area contributed by atoms with Crippen molar-refractivity contribution in [1.82, 2.24) is 0 Å². The van der Waals surface area contributed by atoms with Gasteiger partial charge in [-0.2, -0.15) is 0 Å². The highest BCUT2D eigenvalue weighted by atomic mass is 16.5. The Kier molecular flexibility index (Phi) is 3.03. The molecule has 1 aliphatic rings. The lowest BCUT2D eigenvalue weighted by atomic mass is 9.87. The molecule has 0 radical (unpaired) electrons. The molecular formula is C17H14O3. The summed E-state index contributed by atoms with van der Waals surface area (Å²) in [6, 6.07) is 12.4. The number of Topliss-reactive ketones (excluding diaryl/α,β-unsaturated/α-hetero) is 1. The van der Waals surface area contributed by atoms with Gasteiger partial charge in [0.15, 0.2) is 5.78 Å². The average Bonchev–Trinajstić information content (AvgIpc) is 2.47. The van der Waals surface area contributed by atoms with E-state index < -0.39 is 0 Å². The molecule has 2 aromatic rings. The van der Waals surface area contributed by atoms with Gasteiger partial charge in [0.1, 0.15) is 11.5 Å². The highest BCUT2D eigenvalue weighted by Gasteiger charge is 2.22. The van der Waals surface area contributed by atoms with Gasteiger partial charge in [0.25, 0.3) is 0 Å². The fourth-order valence-corrected chi connectivity index (χ4v) is 2.48. The van der Waals surface area contributed by atoms with Crippen LogP contribution in [-0.4, -0.2) is 18.0 Å². The lowest BCUT2D eigenvalue weighted by Gasteiger charge is -2.18. The molecule has 20 heavy (non-hydrogen) atoms. The minimum Gasteiger partial charge on any atom is -0.508 e. The second-order valence-electron chi connectivity index (χ2n) is 4.73. The van der Waals surface area contributed by atoms with E-state index in [0.717, 1.165) is 22.4 Å². The molecule has 0 spiro atoms. The minimum absolute atomic E-state index is 0.0627. The van der Waals surface area contributed by atoms with Crippen LogP contribution in [0.2, 0.25) is 0 Å². The number of hydrogen-bond acceptors (Lipinski definition) is 3. The van der Waals surface area contributed by atoms with E-state index in [4.69, 9.17) is 4.74 Å². The van der Waals surface area contributed by atoms with Crippen molar-refractivity contribution in [2.24, 2.45) is 0 Å². The van der Waals surface area contributed by atoms with Crippen LogP contribution in [0.25, 0.3) is 11.6 Å². The second-order valence-corrected chi connectivity index (χ2v) is 4.73. The zero-order valence-corrected chi connectivity index (χ0v) is 11.1. The van der Waals surface area contributed by atoms with Crippen molar-refractivity contribution in [1.29, 1.82) is 0 Å². The second kappa shape index (κ2) is 4.85. The van der Waals surface area contributed by atoms with Crippen LogP contribution in [0.4, 0.5) is 0 Å². The fourth-order valence-electron chi connectivity index (χ4n) is 2.48. The van der Waals surface area contributed by atoms with Crippen molar-refractivity contribution < 1.29 is 14.6 Å². The van der Waals surface area contributed by atoms with Crippen LogP contribution < -0.4 is 4.74 Å². The van der Waals surface area contributed by atoms with Gasteiger partial charge < -0.3 is 9.84 Å². The highest BCUT2D eigenvalue weighted by Crippen LogP contribution is 2.33. The van der Waals surface area contributed by atoms with Crippen LogP contribution >= 0.6 is 0 Å². The van der Waals surface area contributed by atoms with Gasteiger partial charge in [-0.15, -0.1) is 0 Å². The first-order valence-electron chi connectivity index (χ1n) is 6.39. The van der Waals surface area contributed by atoms with E-state index in [1.54, 1.807) is 31.4 Å². The average molecular weight is 266 g/mol. The number of hydrogen-bond donors (Lipinski definition) is 1. The molecule has 0 saturated heterocycles. The third kappa shape index (κ3) is 2.07. The fraction of sp³-hybridized carbons (Fsp3) is 0.118. The number of ether oxygens (including phenoxy) is 1. The molecular weight excluding hydrogens is 252 g/mol. The molecule has 100 valence electrons. The highest BCUT2D eigenvalue weighted by molar-refractivity contribution is 6.27. The summed E-state index contributed by atoms with van der Waals surface area (Å²) in [7, 11) is 1.61. The molecule has 0 unspecified atom stereocenters. The van der Waals surface area contributed by atoms with Crippen LogP contribution in [0.1, 0.15) is 16.7 Å². The molecule has 1 N–H and O–H groups in total. The number of methoxy groups -OCH3 is 1. The molecule has 0 aromatic heterocycles. The van der Waals surface area contributed by atoms with E-state index in [9.17, 15) is 9.90 Å². The van der Waals surface area contributed by atoms with Crippen molar-refractivity contribution in [3.8, 4) is 11.5 Å². The predicted molar refractivity (Wildman–Crippen MR) is 77.7 cm³/mol. The van der Waals surface area contributed by atoms with Gasteiger partial charge in [-0.3, -0.25) is 4.79 Å². The molecule has 2 aromatic carbocycles. The standard InChI is InChI=1S/C17H14O3/c1-20-17-4-2-3-12-9-14(16(19)10-15(12)17)11-5-7-13(18)8-6-11/h2-9,18H,10H2,1H3. The van der Waals surface area contributed by atoms with Gasteiger partial charge in [-0.1, -0.05) is 24.3 Å². The van der Waals surface area contributed by atoms with E-state index in [-0.39, 0.29) is 11.5 Å². The van der Waals surface area contributed by atoms with E-state index >= 15 is 0 Å². The number of ketones is 1. The topological polar surface area (TPSA) is 46.5 Å². The Hall–Kier alpha value is -2.55. The molecule has 0 bridgehead atoms. The van der Waals surface area contributed by atoms with Gasteiger partial charge in [0.2, 0.25) is 0 Å². The third-order valence-electron chi connectivity index (χ3n) is 3.51. The van der Waals surface area contributed by atoms with Crippen LogP contribution in [0.3, 0.4) is 0 Å². The molecule has 3 nitrogen and oxygen atoms in total. The van der Waals surface area contributed by atoms with Crippen molar-refractivity contribution >= 4 is 17.4 Å². The van der Waals surface area contributed by atoms with Crippen LogP contribution in [0.15, 0.2) is 42.5 Å². The lowest BCUT2D eigenvalue weighted by molar-refractivity contribution is -0.113. The molecule has 1 aliphatic carbocycles. The molecule has 0 fully saturated rings. The van der Waals surface area contributed by atoms with Crippen LogP contribution in [-0.2, 0) is 11.2 Å². The van der Waals surface area contributed by atoms with E-state index in [1.807, 2.05) is 24.3 Å². The minimum atomic E-state index is 0.0627. The number of phenolic OH excluding ortho intramolecular Hbond substituents is 1. The van der Waals surface area contributed by atoms with Crippen LogP contribution in [0, 0.1) is 0 Å². The van der Waals surface area contributed by atoms with Crippen molar-refractivity contribution in [3.05, 3.63) is 59.2 Å². The maximum absolute atomic E-state index is 12.3. The number of allylic oxidation sites excluding steroid dienone is 1. The van der Waals surface area contributed by atoms with Gasteiger partial charge in [0.05, 0.1) is 7.11 Å². The van der Waals surface area contributed by atoms with E-state index in [0.29, 0.717) is 12.0 Å². The van der Waals surface area contributed by atoms with Crippen molar-refractivity contribution in [2.75, 3.05) is 7.11 Å². The molecule has 3 rings (SSSR count). The first kappa shape index (κ1) is 12.5. The molecule has 0 atom stereocenters. The van der Waals surface area contributed by atoms with Crippen molar-refractivity contribution in [2.45, 2.75) is 6.42 Å². The normalized spacial score (nSPS) is 13.7. The number of carbonyl (C=O) groups is 1.